The van der Waals surface area contributed by atoms with E-state index in [0.29, 0.717) is 37.4 Å². The molecule has 0 atom stereocenters. The van der Waals surface area contributed by atoms with Crippen molar-refractivity contribution in [2.45, 2.75) is 0 Å². The minimum absolute atomic E-state index is 0.0120. The summed E-state index contributed by atoms with van der Waals surface area (Å²) in [4.78, 5) is 33.1. The molecule has 1 aliphatic heterocycles. The lowest BCUT2D eigenvalue weighted by Crippen LogP contribution is -2.49. The third kappa shape index (κ3) is 4.83. The van der Waals surface area contributed by atoms with E-state index >= 15 is 0 Å². The molecule has 0 radical (unpaired) electrons. The van der Waals surface area contributed by atoms with Gasteiger partial charge in [-0.05, 0) is 36.4 Å². The van der Waals surface area contributed by atoms with Crippen LogP contribution >= 0.6 is 0 Å². The number of benzene rings is 1. The zero-order chi connectivity index (χ0) is 19.1. The van der Waals surface area contributed by atoms with Crippen molar-refractivity contribution in [2.24, 2.45) is 0 Å². The summed E-state index contributed by atoms with van der Waals surface area (Å²) in [7, 11) is 1.59. The van der Waals surface area contributed by atoms with Gasteiger partial charge in [0.2, 0.25) is 0 Å². The average Bonchev–Trinajstić information content (AvgIpc) is 2.74. The van der Waals surface area contributed by atoms with Crippen LogP contribution in [0.2, 0.25) is 0 Å². The van der Waals surface area contributed by atoms with Crippen molar-refractivity contribution in [3.05, 3.63) is 59.8 Å². The summed E-state index contributed by atoms with van der Waals surface area (Å²) >= 11 is 0. The van der Waals surface area contributed by atoms with Crippen LogP contribution in [0.25, 0.3) is 0 Å². The fourth-order valence-corrected chi connectivity index (χ4v) is 2.99. The van der Waals surface area contributed by atoms with Crippen molar-refractivity contribution in [2.75, 3.05) is 51.3 Å². The van der Waals surface area contributed by atoms with E-state index < -0.39 is 0 Å². The van der Waals surface area contributed by atoms with Gasteiger partial charge in [0, 0.05) is 57.2 Å². The van der Waals surface area contributed by atoms with Gasteiger partial charge in [-0.2, -0.15) is 0 Å². The minimum atomic E-state index is -0.171. The molecule has 7 nitrogen and oxygen atoms in total. The summed E-state index contributed by atoms with van der Waals surface area (Å²) in [5, 5.41) is 2.76. The lowest BCUT2D eigenvalue weighted by atomic mass is 10.1. The van der Waals surface area contributed by atoms with E-state index in [-0.39, 0.29) is 11.8 Å². The molecule has 27 heavy (non-hydrogen) atoms. The quantitative estimate of drug-likeness (QED) is 0.781. The molecule has 1 N–H and O–H groups in total. The van der Waals surface area contributed by atoms with E-state index in [1.54, 1.807) is 37.6 Å². The largest absolute Gasteiger partial charge is 0.383 e. The lowest BCUT2D eigenvalue weighted by Gasteiger charge is -2.35. The van der Waals surface area contributed by atoms with Crippen molar-refractivity contribution in [1.82, 2.24) is 15.2 Å². The van der Waals surface area contributed by atoms with Crippen LogP contribution in [0.5, 0.6) is 0 Å². The standard InChI is InChI=1S/C20H24N4O3/c1-27-15-10-22-19(25)16-5-7-17(8-6-16)20(26)24-13-11-23(12-14-24)18-4-2-3-9-21-18/h2-9H,10-15H2,1H3,(H,22,25). The van der Waals surface area contributed by atoms with Crippen molar-refractivity contribution >= 4 is 17.6 Å². The van der Waals surface area contributed by atoms with E-state index in [9.17, 15) is 9.59 Å². The average molecular weight is 368 g/mol. The number of aromatic nitrogens is 1. The second-order valence-corrected chi connectivity index (χ2v) is 6.29. The Morgan fingerprint density at radius 3 is 2.37 bits per heavy atom. The Kier molecular flexibility index (Phi) is 6.38. The molecule has 1 saturated heterocycles. The number of carbonyl (C=O) groups excluding carboxylic acids is 2. The number of hydrogen-bond acceptors (Lipinski definition) is 5. The van der Waals surface area contributed by atoms with Gasteiger partial charge in [-0.15, -0.1) is 0 Å². The van der Waals surface area contributed by atoms with Gasteiger partial charge in [0.1, 0.15) is 5.82 Å². The minimum Gasteiger partial charge on any atom is -0.383 e. The van der Waals surface area contributed by atoms with E-state index in [0.717, 1.165) is 18.9 Å². The third-order valence-corrected chi connectivity index (χ3v) is 4.53. The predicted octanol–water partition coefficient (Wildman–Crippen LogP) is 1.42. The van der Waals surface area contributed by atoms with Crippen LogP contribution in [-0.2, 0) is 4.74 Å². The molecular weight excluding hydrogens is 344 g/mol. The zero-order valence-electron chi connectivity index (χ0n) is 15.4. The molecular formula is C20H24N4O3. The van der Waals surface area contributed by atoms with Gasteiger partial charge in [-0.1, -0.05) is 6.07 Å². The van der Waals surface area contributed by atoms with Crippen LogP contribution in [0.15, 0.2) is 48.7 Å². The monoisotopic (exact) mass is 368 g/mol. The predicted molar refractivity (Wildman–Crippen MR) is 103 cm³/mol. The Labute approximate surface area is 158 Å². The van der Waals surface area contributed by atoms with Crippen molar-refractivity contribution in [3.8, 4) is 0 Å². The summed E-state index contributed by atoms with van der Waals surface area (Å²) < 4.78 is 4.91. The van der Waals surface area contributed by atoms with E-state index in [1.807, 2.05) is 23.1 Å². The lowest BCUT2D eigenvalue weighted by molar-refractivity contribution is 0.0746. The molecule has 1 aromatic heterocycles. The van der Waals surface area contributed by atoms with E-state index in [2.05, 4.69) is 15.2 Å². The second kappa shape index (κ2) is 9.14. The number of anilines is 1. The molecule has 0 saturated carbocycles. The van der Waals surface area contributed by atoms with Crippen LogP contribution in [0.4, 0.5) is 5.82 Å². The highest BCUT2D eigenvalue weighted by atomic mass is 16.5. The Hall–Kier alpha value is -2.93. The number of nitrogens with one attached hydrogen (secondary N) is 1. The molecule has 1 aromatic carbocycles. The van der Waals surface area contributed by atoms with Crippen LogP contribution < -0.4 is 10.2 Å². The van der Waals surface area contributed by atoms with Crippen molar-refractivity contribution in [3.63, 3.8) is 0 Å². The highest BCUT2D eigenvalue weighted by Gasteiger charge is 2.22. The number of carbonyl (C=O) groups is 2. The van der Waals surface area contributed by atoms with E-state index in [4.69, 9.17) is 4.74 Å². The van der Waals surface area contributed by atoms with Crippen LogP contribution in [0.1, 0.15) is 20.7 Å². The number of ether oxygens (including phenoxy) is 1. The molecule has 2 amide bonds. The number of pyridine rings is 1. The Morgan fingerprint density at radius 2 is 1.74 bits per heavy atom. The number of hydrogen-bond donors (Lipinski definition) is 1. The molecule has 2 aromatic rings. The second-order valence-electron chi connectivity index (χ2n) is 6.29. The first kappa shape index (κ1) is 18.8. The van der Waals surface area contributed by atoms with E-state index in [1.165, 1.54) is 0 Å². The SMILES string of the molecule is COCCNC(=O)c1ccc(C(=O)N2CCN(c3ccccn3)CC2)cc1. The number of methoxy groups -OCH3 is 1. The van der Waals surface area contributed by atoms with Gasteiger partial charge in [0.15, 0.2) is 0 Å². The van der Waals surface area contributed by atoms with Crippen LogP contribution in [0.3, 0.4) is 0 Å². The molecule has 2 heterocycles. The number of nitrogens with zero attached hydrogens (tertiary/aromatic N) is 3. The Balaban J connectivity index is 1.54. The molecule has 0 unspecified atom stereocenters. The van der Waals surface area contributed by atoms with Crippen molar-refractivity contribution < 1.29 is 14.3 Å². The molecule has 0 spiro atoms. The maximum atomic E-state index is 12.7. The molecule has 0 aliphatic carbocycles. The molecule has 1 aliphatic rings. The summed E-state index contributed by atoms with van der Waals surface area (Å²) in [5.74, 6) is 0.755. The van der Waals surface area contributed by atoms with Gasteiger partial charge >= 0.3 is 0 Å². The Morgan fingerprint density at radius 1 is 1.04 bits per heavy atom. The maximum absolute atomic E-state index is 12.7. The Bertz CT molecular complexity index is 757. The van der Waals surface area contributed by atoms with Gasteiger partial charge in [0.05, 0.1) is 6.61 Å². The fourth-order valence-electron chi connectivity index (χ4n) is 2.99. The van der Waals surface area contributed by atoms with Gasteiger partial charge in [-0.3, -0.25) is 9.59 Å². The summed E-state index contributed by atoms with van der Waals surface area (Å²) in [6, 6.07) is 12.6. The molecule has 1 fully saturated rings. The highest BCUT2D eigenvalue weighted by Crippen LogP contribution is 2.15. The molecule has 0 bridgehead atoms. The normalized spacial score (nSPS) is 14.1. The fraction of sp³-hybridized carbons (Fsp3) is 0.350. The van der Waals surface area contributed by atoms with Crippen molar-refractivity contribution in [1.29, 1.82) is 0 Å². The van der Waals surface area contributed by atoms with Crippen LogP contribution in [0, 0.1) is 0 Å². The molecule has 142 valence electrons. The smallest absolute Gasteiger partial charge is 0.253 e. The topological polar surface area (TPSA) is 74.8 Å². The van der Waals surface area contributed by atoms with Gasteiger partial charge in [0.25, 0.3) is 11.8 Å². The van der Waals surface area contributed by atoms with Gasteiger partial charge in [-0.25, -0.2) is 4.98 Å². The summed E-state index contributed by atoms with van der Waals surface area (Å²) in [5.41, 5.74) is 1.12. The first-order valence-electron chi connectivity index (χ1n) is 9.01. The van der Waals surface area contributed by atoms with Crippen LogP contribution in [-0.4, -0.2) is 68.1 Å². The summed E-state index contributed by atoms with van der Waals surface area (Å²) in [6.07, 6.45) is 1.78. The maximum Gasteiger partial charge on any atom is 0.253 e. The third-order valence-electron chi connectivity index (χ3n) is 4.53. The number of piperazine rings is 1. The first-order chi connectivity index (χ1) is 13.2. The summed E-state index contributed by atoms with van der Waals surface area (Å²) in [6.45, 7) is 3.72. The van der Waals surface area contributed by atoms with Gasteiger partial charge < -0.3 is 19.9 Å². The zero-order valence-corrected chi connectivity index (χ0v) is 15.4. The highest BCUT2D eigenvalue weighted by molar-refractivity contribution is 5.97. The molecule has 7 heteroatoms. The first-order valence-corrected chi connectivity index (χ1v) is 9.01. The number of amides is 2. The number of rotatable bonds is 6. The molecule has 3 rings (SSSR count).